The number of hydrogen-bond donors (Lipinski definition) is 1. The smallest absolute Gasteiger partial charge is 0.265 e. The second kappa shape index (κ2) is 6.26. The molecule has 0 spiro atoms. The number of fused-ring (bicyclic) bond motifs is 1. The van der Waals surface area contributed by atoms with E-state index in [4.69, 9.17) is 4.98 Å². The van der Waals surface area contributed by atoms with E-state index in [1.165, 1.54) is 11.3 Å². The molecular weight excluding hydrogens is 316 g/mol. The molecule has 2 aromatic carbocycles. The van der Waals surface area contributed by atoms with Gasteiger partial charge in [0.15, 0.2) is 0 Å². The minimum atomic E-state index is -0.0989. The summed E-state index contributed by atoms with van der Waals surface area (Å²) in [5.41, 5.74) is 3.46. The van der Waals surface area contributed by atoms with Crippen LogP contribution in [0.5, 0.6) is 0 Å². The molecule has 4 aromatic rings. The van der Waals surface area contributed by atoms with E-state index in [-0.39, 0.29) is 5.91 Å². The van der Waals surface area contributed by atoms with Crippen LogP contribution in [0.4, 0.5) is 5.69 Å². The van der Waals surface area contributed by atoms with Crippen LogP contribution in [0, 0.1) is 0 Å². The Kier molecular flexibility index (Phi) is 3.81. The van der Waals surface area contributed by atoms with Crippen LogP contribution < -0.4 is 5.32 Å². The maximum absolute atomic E-state index is 12.4. The van der Waals surface area contributed by atoms with E-state index in [0.717, 1.165) is 27.8 Å². The molecule has 24 heavy (non-hydrogen) atoms. The number of aromatic nitrogens is 1. The Morgan fingerprint density at radius 3 is 2.58 bits per heavy atom. The maximum Gasteiger partial charge on any atom is 0.265 e. The van der Waals surface area contributed by atoms with Crippen molar-refractivity contribution in [2.24, 2.45) is 0 Å². The number of pyridine rings is 1. The maximum atomic E-state index is 12.4. The van der Waals surface area contributed by atoms with E-state index >= 15 is 0 Å². The second-order valence-corrected chi connectivity index (χ2v) is 6.31. The first-order valence-corrected chi connectivity index (χ1v) is 8.49. The molecule has 0 aliphatic carbocycles. The van der Waals surface area contributed by atoms with Crippen LogP contribution in [0.1, 0.15) is 9.67 Å². The quantitative estimate of drug-likeness (QED) is 0.560. The Morgan fingerprint density at radius 1 is 0.875 bits per heavy atom. The monoisotopic (exact) mass is 330 g/mol. The number of carbonyl (C=O) groups excluding carboxylic acids is 1. The van der Waals surface area contributed by atoms with Crippen molar-refractivity contribution in [3.05, 3.63) is 83.1 Å². The molecule has 0 saturated heterocycles. The molecule has 2 heterocycles. The highest BCUT2D eigenvalue weighted by Gasteiger charge is 2.11. The molecule has 1 amide bonds. The topological polar surface area (TPSA) is 42.0 Å². The van der Waals surface area contributed by atoms with Gasteiger partial charge in [0.05, 0.1) is 21.8 Å². The number of amides is 1. The number of carbonyl (C=O) groups is 1. The Hall–Kier alpha value is -2.98. The summed E-state index contributed by atoms with van der Waals surface area (Å²) in [4.78, 5) is 17.8. The molecule has 2 aromatic heterocycles. The highest BCUT2D eigenvalue weighted by Crippen LogP contribution is 2.28. The van der Waals surface area contributed by atoms with Crippen molar-refractivity contribution in [1.82, 2.24) is 4.98 Å². The number of benzene rings is 2. The SMILES string of the molecule is O=C(Nc1ccccc1-c1ccc2ccccc2n1)c1cccs1. The van der Waals surface area contributed by atoms with Gasteiger partial charge in [-0.2, -0.15) is 0 Å². The average Bonchev–Trinajstić information content (AvgIpc) is 3.17. The summed E-state index contributed by atoms with van der Waals surface area (Å²) in [5, 5.41) is 5.98. The third kappa shape index (κ3) is 2.79. The molecule has 4 rings (SSSR count). The lowest BCUT2D eigenvalue weighted by Crippen LogP contribution is -2.11. The average molecular weight is 330 g/mol. The second-order valence-electron chi connectivity index (χ2n) is 5.37. The van der Waals surface area contributed by atoms with Crippen molar-refractivity contribution >= 4 is 33.8 Å². The minimum Gasteiger partial charge on any atom is -0.321 e. The fraction of sp³-hybridized carbons (Fsp3) is 0. The predicted molar refractivity (Wildman–Crippen MR) is 99.5 cm³/mol. The first-order chi connectivity index (χ1) is 11.8. The summed E-state index contributed by atoms with van der Waals surface area (Å²) in [6.45, 7) is 0. The number of hydrogen-bond acceptors (Lipinski definition) is 3. The fourth-order valence-electron chi connectivity index (χ4n) is 2.62. The molecule has 4 heteroatoms. The van der Waals surface area contributed by atoms with Gasteiger partial charge in [0.1, 0.15) is 0 Å². The third-order valence-corrected chi connectivity index (χ3v) is 4.66. The summed E-state index contributed by atoms with van der Waals surface area (Å²) in [6.07, 6.45) is 0. The van der Waals surface area contributed by atoms with Gasteiger partial charge in [0, 0.05) is 10.9 Å². The highest BCUT2D eigenvalue weighted by atomic mass is 32.1. The minimum absolute atomic E-state index is 0.0989. The summed E-state index contributed by atoms with van der Waals surface area (Å²) >= 11 is 1.43. The Labute approximate surface area is 143 Å². The van der Waals surface area contributed by atoms with Gasteiger partial charge < -0.3 is 5.32 Å². The normalized spacial score (nSPS) is 10.7. The third-order valence-electron chi connectivity index (χ3n) is 3.79. The molecule has 0 saturated carbocycles. The summed E-state index contributed by atoms with van der Waals surface area (Å²) in [6, 6.07) is 23.5. The zero-order chi connectivity index (χ0) is 16.4. The van der Waals surface area contributed by atoms with Crippen LogP contribution in [-0.4, -0.2) is 10.9 Å². The van der Waals surface area contributed by atoms with Crippen molar-refractivity contribution < 1.29 is 4.79 Å². The van der Waals surface area contributed by atoms with Gasteiger partial charge in [-0.25, -0.2) is 4.98 Å². The van der Waals surface area contributed by atoms with Crippen molar-refractivity contribution in [3.63, 3.8) is 0 Å². The molecule has 0 fully saturated rings. The standard InChI is InChI=1S/C20H14N2OS/c23-20(19-10-5-13-24-19)22-17-9-4-2-7-15(17)18-12-11-14-6-1-3-8-16(14)21-18/h1-13H,(H,22,23). The number of nitrogens with zero attached hydrogens (tertiary/aromatic N) is 1. The molecular formula is C20H14N2OS. The zero-order valence-electron chi connectivity index (χ0n) is 12.8. The lowest BCUT2D eigenvalue weighted by molar-refractivity contribution is 0.103. The largest absolute Gasteiger partial charge is 0.321 e. The number of thiophene rings is 1. The fourth-order valence-corrected chi connectivity index (χ4v) is 3.24. The van der Waals surface area contributed by atoms with E-state index in [0.29, 0.717) is 4.88 Å². The molecule has 3 nitrogen and oxygen atoms in total. The first kappa shape index (κ1) is 14.6. The molecule has 0 atom stereocenters. The van der Waals surface area contributed by atoms with Crippen molar-refractivity contribution in [2.75, 3.05) is 5.32 Å². The zero-order valence-corrected chi connectivity index (χ0v) is 13.6. The van der Waals surface area contributed by atoms with Gasteiger partial charge in [-0.3, -0.25) is 4.79 Å². The van der Waals surface area contributed by atoms with Gasteiger partial charge in [-0.05, 0) is 29.6 Å². The number of anilines is 1. The molecule has 1 N–H and O–H groups in total. The summed E-state index contributed by atoms with van der Waals surface area (Å²) < 4.78 is 0. The van der Waals surface area contributed by atoms with Crippen LogP contribution in [0.25, 0.3) is 22.2 Å². The highest BCUT2D eigenvalue weighted by molar-refractivity contribution is 7.12. The molecule has 0 aliphatic heterocycles. The van der Waals surface area contributed by atoms with Crippen molar-refractivity contribution in [3.8, 4) is 11.3 Å². The molecule has 0 bridgehead atoms. The van der Waals surface area contributed by atoms with Crippen LogP contribution in [0.15, 0.2) is 78.2 Å². The van der Waals surface area contributed by atoms with E-state index < -0.39 is 0 Å². The molecule has 0 radical (unpaired) electrons. The Morgan fingerprint density at radius 2 is 1.71 bits per heavy atom. The van der Waals surface area contributed by atoms with E-state index in [9.17, 15) is 4.79 Å². The van der Waals surface area contributed by atoms with Crippen molar-refractivity contribution in [1.29, 1.82) is 0 Å². The van der Waals surface area contributed by atoms with E-state index in [1.807, 2.05) is 72.1 Å². The summed E-state index contributed by atoms with van der Waals surface area (Å²) in [5.74, 6) is -0.0989. The predicted octanol–water partition coefficient (Wildman–Crippen LogP) is 5.22. The van der Waals surface area contributed by atoms with Crippen LogP contribution in [0.3, 0.4) is 0 Å². The van der Waals surface area contributed by atoms with Crippen LogP contribution in [-0.2, 0) is 0 Å². The van der Waals surface area contributed by atoms with Crippen LogP contribution in [0.2, 0.25) is 0 Å². The number of nitrogens with one attached hydrogen (secondary N) is 1. The lowest BCUT2D eigenvalue weighted by atomic mass is 10.1. The van der Waals surface area contributed by atoms with Gasteiger partial charge in [-0.15, -0.1) is 11.3 Å². The lowest BCUT2D eigenvalue weighted by Gasteiger charge is -2.10. The number of para-hydroxylation sites is 2. The molecule has 0 aliphatic rings. The van der Waals surface area contributed by atoms with Crippen LogP contribution >= 0.6 is 11.3 Å². The van der Waals surface area contributed by atoms with Gasteiger partial charge in [-0.1, -0.05) is 48.5 Å². The molecule has 116 valence electrons. The van der Waals surface area contributed by atoms with Gasteiger partial charge >= 0.3 is 0 Å². The van der Waals surface area contributed by atoms with E-state index in [2.05, 4.69) is 11.4 Å². The first-order valence-electron chi connectivity index (χ1n) is 7.61. The van der Waals surface area contributed by atoms with Crippen molar-refractivity contribution in [2.45, 2.75) is 0 Å². The summed E-state index contributed by atoms with van der Waals surface area (Å²) in [7, 11) is 0. The molecule has 0 unspecified atom stereocenters. The Balaban J connectivity index is 1.73. The van der Waals surface area contributed by atoms with Gasteiger partial charge in [0.2, 0.25) is 0 Å². The Bertz CT molecular complexity index is 1010. The van der Waals surface area contributed by atoms with Gasteiger partial charge in [0.25, 0.3) is 5.91 Å². The van der Waals surface area contributed by atoms with E-state index in [1.54, 1.807) is 0 Å². The number of rotatable bonds is 3.